The number of thioether (sulfide) groups is 2. The lowest BCUT2D eigenvalue weighted by atomic mass is 9.74. The highest BCUT2D eigenvalue weighted by atomic mass is 32.2. The monoisotopic (exact) mass is 544 g/mol. The van der Waals surface area contributed by atoms with Crippen LogP contribution in [0.15, 0.2) is 83.1 Å². The second-order valence-electron chi connectivity index (χ2n) is 11.3. The molecule has 0 spiro atoms. The van der Waals surface area contributed by atoms with Gasteiger partial charge in [-0.2, -0.15) is 15.0 Å². The highest BCUT2D eigenvalue weighted by molar-refractivity contribution is 7.99. The van der Waals surface area contributed by atoms with E-state index in [1.165, 1.54) is 11.1 Å². The van der Waals surface area contributed by atoms with Gasteiger partial charge < -0.3 is 10.4 Å². The molecular formula is C31H36N4OS2. The van der Waals surface area contributed by atoms with Crippen LogP contribution in [0, 0.1) is 0 Å². The average Bonchev–Trinajstić information content (AvgIpc) is 2.87. The standard InChI is InChI=1S/C31H36N4OS2/c1-30(2,3)25-23(17-18-24(36)26(25)31(4,5)6)32-27-33-28(37-19-21-13-9-7-10-14-21)35-29(34-27)38-20-22-15-11-8-12-16-22/h7-18,36H,19-20H2,1-6H3,(H,32,33,34,35). The molecule has 1 heterocycles. The molecule has 0 unspecified atom stereocenters. The summed E-state index contributed by atoms with van der Waals surface area (Å²) in [6.45, 7) is 12.9. The van der Waals surface area contributed by atoms with Gasteiger partial charge in [-0.1, -0.05) is 126 Å². The Bertz CT molecular complexity index is 1300. The summed E-state index contributed by atoms with van der Waals surface area (Å²) < 4.78 is 0. The maximum absolute atomic E-state index is 10.8. The minimum Gasteiger partial charge on any atom is -0.508 e. The lowest BCUT2D eigenvalue weighted by Gasteiger charge is -2.33. The van der Waals surface area contributed by atoms with Crippen LogP contribution in [0.2, 0.25) is 0 Å². The van der Waals surface area contributed by atoms with Crippen LogP contribution in [0.4, 0.5) is 11.6 Å². The van der Waals surface area contributed by atoms with E-state index in [0.717, 1.165) is 28.3 Å². The Morgan fingerprint density at radius 1 is 0.632 bits per heavy atom. The van der Waals surface area contributed by atoms with Gasteiger partial charge in [0.1, 0.15) is 5.75 Å². The smallest absolute Gasteiger partial charge is 0.232 e. The molecule has 0 aliphatic rings. The van der Waals surface area contributed by atoms with Crippen molar-refractivity contribution in [2.24, 2.45) is 0 Å². The molecular weight excluding hydrogens is 509 g/mol. The van der Waals surface area contributed by atoms with Gasteiger partial charge in [0.2, 0.25) is 5.95 Å². The molecule has 7 heteroatoms. The van der Waals surface area contributed by atoms with Gasteiger partial charge in [0.15, 0.2) is 10.3 Å². The molecule has 3 aromatic carbocycles. The minimum atomic E-state index is -0.239. The first kappa shape index (κ1) is 28.0. The summed E-state index contributed by atoms with van der Waals surface area (Å²) in [5, 5.41) is 15.7. The Hall–Kier alpha value is -3.03. The van der Waals surface area contributed by atoms with E-state index < -0.39 is 0 Å². The highest BCUT2D eigenvalue weighted by Crippen LogP contribution is 2.44. The molecule has 198 valence electrons. The Morgan fingerprint density at radius 3 is 1.55 bits per heavy atom. The van der Waals surface area contributed by atoms with Gasteiger partial charge in [-0.05, 0) is 39.7 Å². The van der Waals surface area contributed by atoms with Crippen molar-refractivity contribution in [3.05, 3.63) is 95.1 Å². The van der Waals surface area contributed by atoms with Gasteiger partial charge in [-0.3, -0.25) is 0 Å². The van der Waals surface area contributed by atoms with Crippen LogP contribution in [-0.4, -0.2) is 20.1 Å². The van der Waals surface area contributed by atoms with Crippen molar-refractivity contribution in [3.63, 3.8) is 0 Å². The number of phenolic OH excluding ortho intramolecular Hbond substituents is 1. The first-order valence-electron chi connectivity index (χ1n) is 12.7. The Kier molecular flexibility index (Phi) is 8.68. The summed E-state index contributed by atoms with van der Waals surface area (Å²) in [5.74, 6) is 2.35. The third-order valence-corrected chi connectivity index (χ3v) is 7.78. The predicted molar refractivity (Wildman–Crippen MR) is 161 cm³/mol. The van der Waals surface area contributed by atoms with Gasteiger partial charge >= 0.3 is 0 Å². The van der Waals surface area contributed by atoms with Gasteiger partial charge in [0.25, 0.3) is 0 Å². The van der Waals surface area contributed by atoms with Gasteiger partial charge in [0, 0.05) is 22.8 Å². The van der Waals surface area contributed by atoms with Crippen molar-refractivity contribution in [3.8, 4) is 5.75 Å². The quantitative estimate of drug-likeness (QED) is 0.170. The summed E-state index contributed by atoms with van der Waals surface area (Å²) in [4.78, 5) is 14.4. The van der Waals surface area contributed by atoms with E-state index in [-0.39, 0.29) is 10.8 Å². The largest absolute Gasteiger partial charge is 0.508 e. The maximum atomic E-state index is 10.8. The minimum absolute atomic E-state index is 0.216. The van der Waals surface area contributed by atoms with Crippen molar-refractivity contribution < 1.29 is 5.11 Å². The lowest BCUT2D eigenvalue weighted by molar-refractivity contribution is 0.436. The maximum Gasteiger partial charge on any atom is 0.232 e. The van der Waals surface area contributed by atoms with Crippen LogP contribution in [0.5, 0.6) is 5.75 Å². The van der Waals surface area contributed by atoms with Crippen LogP contribution < -0.4 is 5.32 Å². The summed E-state index contributed by atoms with van der Waals surface area (Å²) in [7, 11) is 0. The number of nitrogens with one attached hydrogen (secondary N) is 1. The van der Waals surface area contributed by atoms with Gasteiger partial charge in [-0.15, -0.1) is 0 Å². The molecule has 0 amide bonds. The second kappa shape index (κ2) is 11.8. The fourth-order valence-electron chi connectivity index (χ4n) is 4.32. The third kappa shape index (κ3) is 7.29. The number of anilines is 2. The molecule has 4 aromatic rings. The fraction of sp³-hybridized carbons (Fsp3) is 0.323. The molecule has 0 saturated carbocycles. The number of phenols is 1. The average molecular weight is 545 g/mol. The third-order valence-electron chi connectivity index (χ3n) is 5.95. The second-order valence-corrected chi connectivity index (χ2v) is 13.2. The van der Waals surface area contributed by atoms with Crippen molar-refractivity contribution in [1.29, 1.82) is 0 Å². The summed E-state index contributed by atoms with van der Waals surface area (Å²) in [5.41, 5.74) is 4.86. The molecule has 0 saturated heterocycles. The van der Waals surface area contributed by atoms with Crippen LogP contribution in [0.3, 0.4) is 0 Å². The molecule has 2 N–H and O–H groups in total. The highest BCUT2D eigenvalue weighted by Gasteiger charge is 2.31. The van der Waals surface area contributed by atoms with E-state index >= 15 is 0 Å². The van der Waals surface area contributed by atoms with Gasteiger partial charge in [-0.25, -0.2) is 0 Å². The van der Waals surface area contributed by atoms with Crippen molar-refractivity contribution in [2.75, 3.05) is 5.32 Å². The number of benzene rings is 3. The van der Waals surface area contributed by atoms with Crippen LogP contribution in [0.25, 0.3) is 0 Å². The summed E-state index contributed by atoms with van der Waals surface area (Å²) >= 11 is 3.20. The van der Waals surface area contributed by atoms with Crippen molar-refractivity contribution in [2.45, 2.75) is 74.2 Å². The number of nitrogens with zero attached hydrogens (tertiary/aromatic N) is 3. The molecule has 0 bridgehead atoms. The molecule has 0 radical (unpaired) electrons. The lowest BCUT2D eigenvalue weighted by Crippen LogP contribution is -2.24. The molecule has 0 fully saturated rings. The Balaban J connectivity index is 1.70. The number of rotatable bonds is 8. The number of hydrogen-bond donors (Lipinski definition) is 2. The van der Waals surface area contributed by atoms with Crippen molar-refractivity contribution in [1.82, 2.24) is 15.0 Å². The molecule has 0 aliphatic carbocycles. The number of aromatic hydroxyl groups is 1. The van der Waals surface area contributed by atoms with Crippen LogP contribution in [0.1, 0.15) is 63.8 Å². The van der Waals surface area contributed by atoms with E-state index in [1.54, 1.807) is 29.6 Å². The van der Waals surface area contributed by atoms with E-state index in [2.05, 4.69) is 71.1 Å². The van der Waals surface area contributed by atoms with Crippen molar-refractivity contribution >= 4 is 35.2 Å². The molecule has 0 atom stereocenters. The molecule has 5 nitrogen and oxygen atoms in total. The SMILES string of the molecule is CC(C)(C)c1c(O)ccc(Nc2nc(SCc3ccccc3)nc(SCc3ccccc3)n2)c1C(C)(C)C. The first-order valence-corrected chi connectivity index (χ1v) is 14.7. The molecule has 1 aromatic heterocycles. The van der Waals surface area contributed by atoms with E-state index in [9.17, 15) is 5.11 Å². The number of aromatic nitrogens is 3. The zero-order valence-corrected chi connectivity index (χ0v) is 24.6. The van der Waals surface area contributed by atoms with E-state index in [4.69, 9.17) is 15.0 Å². The summed E-state index contributed by atoms with van der Waals surface area (Å²) in [6.07, 6.45) is 0. The fourth-order valence-corrected chi connectivity index (χ4v) is 5.96. The predicted octanol–water partition coefficient (Wildman–Crippen LogP) is 8.50. The zero-order chi connectivity index (χ0) is 27.3. The van der Waals surface area contributed by atoms with Crippen LogP contribution in [-0.2, 0) is 22.3 Å². The number of hydrogen-bond acceptors (Lipinski definition) is 7. The molecule has 38 heavy (non-hydrogen) atoms. The Labute approximate surface area is 235 Å². The summed E-state index contributed by atoms with van der Waals surface area (Å²) in [6, 6.07) is 24.3. The normalized spacial score (nSPS) is 11.9. The molecule has 4 rings (SSSR count). The zero-order valence-electron chi connectivity index (χ0n) is 22.9. The Morgan fingerprint density at radius 2 is 1.11 bits per heavy atom. The first-order chi connectivity index (χ1) is 18.0. The van der Waals surface area contributed by atoms with E-state index in [1.807, 2.05) is 42.5 Å². The van der Waals surface area contributed by atoms with E-state index in [0.29, 0.717) is 22.0 Å². The molecule has 0 aliphatic heterocycles. The van der Waals surface area contributed by atoms with Gasteiger partial charge in [0.05, 0.1) is 0 Å². The van der Waals surface area contributed by atoms with Crippen LogP contribution >= 0.6 is 23.5 Å². The topological polar surface area (TPSA) is 70.9 Å².